The van der Waals surface area contributed by atoms with Crippen molar-refractivity contribution in [3.05, 3.63) is 44.8 Å². The standard InChI is InChI=1S/C13H10N4O2S4/c1-20-12-15-16-13(23-12)22-7-11-14-10(6-21-11)8-2-4-9(5-3-8)17(18)19/h2-6H,7H2,1H3. The molecule has 2 heterocycles. The molecule has 0 unspecified atom stereocenters. The molecule has 0 spiro atoms. The SMILES string of the molecule is CSc1nnc(SCc2nc(-c3ccc([N+](=O)[O-])cc3)cs2)s1. The Hall–Kier alpha value is -1.49. The van der Waals surface area contributed by atoms with Crippen LogP contribution >= 0.6 is 46.2 Å². The van der Waals surface area contributed by atoms with E-state index in [2.05, 4.69) is 15.2 Å². The first-order valence-corrected chi connectivity index (χ1v) is 10.3. The number of thioether (sulfide) groups is 2. The van der Waals surface area contributed by atoms with Gasteiger partial charge in [-0.3, -0.25) is 10.1 Å². The predicted molar refractivity (Wildman–Crippen MR) is 95.5 cm³/mol. The van der Waals surface area contributed by atoms with Gasteiger partial charge in [0, 0.05) is 23.1 Å². The minimum Gasteiger partial charge on any atom is -0.258 e. The number of aromatic nitrogens is 3. The second-order valence-electron chi connectivity index (χ2n) is 4.26. The van der Waals surface area contributed by atoms with Gasteiger partial charge in [-0.25, -0.2) is 4.98 Å². The Kier molecular flexibility index (Phi) is 5.26. The summed E-state index contributed by atoms with van der Waals surface area (Å²) in [6.45, 7) is 0. The number of benzene rings is 1. The van der Waals surface area contributed by atoms with E-state index in [0.29, 0.717) is 0 Å². The van der Waals surface area contributed by atoms with Gasteiger partial charge in [-0.15, -0.1) is 21.5 Å². The van der Waals surface area contributed by atoms with Crippen LogP contribution in [0.2, 0.25) is 0 Å². The summed E-state index contributed by atoms with van der Waals surface area (Å²) in [6, 6.07) is 6.43. The Morgan fingerprint density at radius 2 is 1.96 bits per heavy atom. The molecule has 0 saturated heterocycles. The van der Waals surface area contributed by atoms with Crippen molar-refractivity contribution in [2.24, 2.45) is 0 Å². The maximum atomic E-state index is 10.7. The quantitative estimate of drug-likeness (QED) is 0.350. The summed E-state index contributed by atoms with van der Waals surface area (Å²) < 4.78 is 1.89. The molecule has 0 bridgehead atoms. The number of non-ortho nitro benzene ring substituents is 1. The van der Waals surface area contributed by atoms with Crippen LogP contribution in [-0.4, -0.2) is 26.4 Å². The van der Waals surface area contributed by atoms with Crippen molar-refractivity contribution in [1.82, 2.24) is 15.2 Å². The van der Waals surface area contributed by atoms with Crippen molar-refractivity contribution in [1.29, 1.82) is 0 Å². The third-order valence-corrected chi connectivity index (χ3v) is 6.88. The van der Waals surface area contributed by atoms with Crippen molar-refractivity contribution in [3.8, 4) is 11.3 Å². The van der Waals surface area contributed by atoms with Gasteiger partial charge in [-0.1, -0.05) is 34.9 Å². The fourth-order valence-electron chi connectivity index (χ4n) is 1.73. The van der Waals surface area contributed by atoms with Crippen molar-refractivity contribution in [2.45, 2.75) is 14.4 Å². The molecule has 2 aromatic heterocycles. The predicted octanol–water partition coefficient (Wildman–Crippen LogP) is 4.58. The summed E-state index contributed by atoms with van der Waals surface area (Å²) in [5.74, 6) is 0.737. The van der Waals surface area contributed by atoms with Gasteiger partial charge in [0.05, 0.1) is 16.4 Å². The van der Waals surface area contributed by atoms with Gasteiger partial charge in [0.1, 0.15) is 5.01 Å². The van der Waals surface area contributed by atoms with Crippen LogP contribution in [-0.2, 0) is 5.75 Å². The highest BCUT2D eigenvalue weighted by molar-refractivity contribution is 8.02. The van der Waals surface area contributed by atoms with Crippen LogP contribution in [0.4, 0.5) is 5.69 Å². The van der Waals surface area contributed by atoms with Gasteiger partial charge in [0.15, 0.2) is 8.68 Å². The second-order valence-corrected chi connectivity index (χ2v) is 8.45. The first kappa shape index (κ1) is 16.4. The molecule has 0 aliphatic rings. The fraction of sp³-hybridized carbons (Fsp3) is 0.154. The number of nitrogens with zero attached hydrogens (tertiary/aromatic N) is 4. The lowest BCUT2D eigenvalue weighted by atomic mass is 10.1. The normalized spacial score (nSPS) is 10.8. The highest BCUT2D eigenvalue weighted by Crippen LogP contribution is 2.31. The Balaban J connectivity index is 1.66. The van der Waals surface area contributed by atoms with E-state index in [0.717, 1.165) is 30.7 Å². The van der Waals surface area contributed by atoms with Gasteiger partial charge < -0.3 is 0 Å². The Bertz CT molecular complexity index is 816. The monoisotopic (exact) mass is 382 g/mol. The number of hydrogen-bond acceptors (Lipinski definition) is 9. The molecule has 0 N–H and O–H groups in total. The van der Waals surface area contributed by atoms with Crippen LogP contribution in [0.15, 0.2) is 38.3 Å². The van der Waals surface area contributed by atoms with E-state index in [1.807, 2.05) is 11.6 Å². The van der Waals surface area contributed by atoms with Gasteiger partial charge in [0.2, 0.25) is 0 Å². The van der Waals surface area contributed by atoms with E-state index < -0.39 is 4.92 Å². The minimum atomic E-state index is -0.405. The largest absolute Gasteiger partial charge is 0.269 e. The minimum absolute atomic E-state index is 0.0839. The smallest absolute Gasteiger partial charge is 0.258 e. The molecule has 118 valence electrons. The van der Waals surface area contributed by atoms with Gasteiger partial charge in [-0.2, -0.15) is 0 Å². The molecule has 0 aliphatic heterocycles. The van der Waals surface area contributed by atoms with Crippen LogP contribution in [0.5, 0.6) is 0 Å². The molecule has 3 rings (SSSR count). The number of hydrogen-bond donors (Lipinski definition) is 0. The summed E-state index contributed by atoms with van der Waals surface area (Å²) in [7, 11) is 0. The molecule has 23 heavy (non-hydrogen) atoms. The zero-order valence-electron chi connectivity index (χ0n) is 11.8. The highest BCUT2D eigenvalue weighted by atomic mass is 32.2. The topological polar surface area (TPSA) is 81.8 Å². The fourth-order valence-corrected chi connectivity index (χ4v) is 4.98. The van der Waals surface area contributed by atoms with Crippen molar-refractivity contribution >= 4 is 51.9 Å². The Labute approximate surface area is 148 Å². The summed E-state index contributed by atoms with van der Waals surface area (Å²) >= 11 is 6.35. The van der Waals surface area contributed by atoms with Crippen LogP contribution < -0.4 is 0 Å². The molecule has 0 fully saturated rings. The molecule has 0 atom stereocenters. The summed E-state index contributed by atoms with van der Waals surface area (Å²) in [4.78, 5) is 14.8. The van der Waals surface area contributed by atoms with Crippen LogP contribution in [0, 0.1) is 10.1 Å². The van der Waals surface area contributed by atoms with E-state index in [4.69, 9.17) is 0 Å². The van der Waals surface area contributed by atoms with Gasteiger partial charge in [0.25, 0.3) is 5.69 Å². The highest BCUT2D eigenvalue weighted by Gasteiger charge is 2.10. The average molecular weight is 383 g/mol. The molecule has 0 aliphatic carbocycles. The summed E-state index contributed by atoms with van der Waals surface area (Å²) in [5.41, 5.74) is 1.80. The zero-order valence-corrected chi connectivity index (χ0v) is 15.1. The van der Waals surface area contributed by atoms with Crippen LogP contribution in [0.3, 0.4) is 0 Å². The van der Waals surface area contributed by atoms with E-state index >= 15 is 0 Å². The first-order valence-electron chi connectivity index (χ1n) is 6.35. The molecular formula is C13H10N4O2S4. The van der Waals surface area contributed by atoms with E-state index in [1.165, 1.54) is 12.1 Å². The lowest BCUT2D eigenvalue weighted by Gasteiger charge is -1.96. The number of thiazole rings is 1. The maximum absolute atomic E-state index is 10.7. The number of nitro groups is 1. The van der Waals surface area contributed by atoms with Gasteiger partial charge >= 0.3 is 0 Å². The maximum Gasteiger partial charge on any atom is 0.269 e. The third-order valence-electron chi connectivity index (χ3n) is 2.81. The Morgan fingerprint density at radius 1 is 1.22 bits per heavy atom. The zero-order chi connectivity index (χ0) is 16.2. The second kappa shape index (κ2) is 7.39. The van der Waals surface area contributed by atoms with Gasteiger partial charge in [-0.05, 0) is 18.4 Å². The van der Waals surface area contributed by atoms with E-state index in [9.17, 15) is 10.1 Å². The number of nitro benzene ring substituents is 1. The van der Waals surface area contributed by atoms with E-state index in [1.54, 1.807) is 58.3 Å². The molecule has 0 saturated carbocycles. The molecule has 6 nitrogen and oxygen atoms in total. The van der Waals surface area contributed by atoms with E-state index in [-0.39, 0.29) is 5.69 Å². The van der Waals surface area contributed by atoms with Crippen molar-refractivity contribution < 1.29 is 4.92 Å². The lowest BCUT2D eigenvalue weighted by Crippen LogP contribution is -1.87. The molecule has 0 amide bonds. The van der Waals surface area contributed by atoms with Crippen LogP contribution in [0.1, 0.15) is 5.01 Å². The first-order chi connectivity index (χ1) is 11.2. The molecule has 1 aromatic carbocycles. The van der Waals surface area contributed by atoms with Crippen molar-refractivity contribution in [2.75, 3.05) is 6.26 Å². The molecule has 0 radical (unpaired) electrons. The third kappa shape index (κ3) is 4.08. The van der Waals surface area contributed by atoms with Crippen molar-refractivity contribution in [3.63, 3.8) is 0 Å². The molecule has 10 heteroatoms. The molecular weight excluding hydrogens is 372 g/mol. The molecule has 3 aromatic rings. The number of rotatable bonds is 6. The summed E-state index contributed by atoms with van der Waals surface area (Å²) in [6.07, 6.45) is 1.98. The Morgan fingerprint density at radius 3 is 2.61 bits per heavy atom. The lowest BCUT2D eigenvalue weighted by molar-refractivity contribution is -0.384. The average Bonchev–Trinajstić information content (AvgIpc) is 3.22. The van der Waals surface area contributed by atoms with Crippen LogP contribution in [0.25, 0.3) is 11.3 Å². The summed E-state index contributed by atoms with van der Waals surface area (Å²) in [5, 5.41) is 21.8.